The largest absolute Gasteiger partial charge is 0.369 e. The summed E-state index contributed by atoms with van der Waals surface area (Å²) in [4.78, 5) is 0. The van der Waals surface area contributed by atoms with Gasteiger partial charge in [0.1, 0.15) is 0 Å². The zero-order chi connectivity index (χ0) is 9.71. The number of hydrogen-bond donors (Lipinski definition) is 1. The maximum absolute atomic E-state index is 6.04. The van der Waals surface area contributed by atoms with Gasteiger partial charge in [0.2, 0.25) is 0 Å². The van der Waals surface area contributed by atoms with Crippen LogP contribution in [0.25, 0.3) is 0 Å². The lowest BCUT2D eigenvalue weighted by Crippen LogP contribution is -2.41. The number of ether oxygens (including phenoxy) is 1. The van der Waals surface area contributed by atoms with Gasteiger partial charge >= 0.3 is 0 Å². The molecule has 0 amide bonds. The quantitative estimate of drug-likeness (QED) is 0.687. The van der Waals surface area contributed by atoms with E-state index in [1.807, 2.05) is 6.08 Å². The Bertz CT molecular complexity index is 251. The molecule has 2 bridgehead atoms. The van der Waals surface area contributed by atoms with Crippen molar-refractivity contribution in [2.45, 2.75) is 38.0 Å². The molecule has 3 rings (SSSR count). The molecule has 0 aromatic carbocycles. The van der Waals surface area contributed by atoms with Crippen molar-refractivity contribution in [1.29, 1.82) is 0 Å². The number of hydrogen-bond acceptors (Lipinski definition) is 2. The summed E-state index contributed by atoms with van der Waals surface area (Å²) in [6.07, 6.45) is 5.37. The molecule has 6 atom stereocenters. The summed E-state index contributed by atoms with van der Waals surface area (Å²) in [6, 6.07) is 0.654. The second-order valence-electron chi connectivity index (χ2n) is 5.13. The summed E-state index contributed by atoms with van der Waals surface area (Å²) in [6.45, 7) is 7.10. The van der Waals surface area contributed by atoms with Crippen molar-refractivity contribution in [1.82, 2.24) is 5.32 Å². The Morgan fingerprint density at radius 2 is 2.29 bits per heavy atom. The van der Waals surface area contributed by atoms with Crippen LogP contribution in [0.5, 0.6) is 0 Å². The van der Waals surface area contributed by atoms with Crippen LogP contribution in [-0.4, -0.2) is 24.8 Å². The molecular formula is C12H19NO. The fourth-order valence-electron chi connectivity index (χ4n) is 3.74. The van der Waals surface area contributed by atoms with Crippen LogP contribution in [0.3, 0.4) is 0 Å². The van der Waals surface area contributed by atoms with Gasteiger partial charge in [0, 0.05) is 6.04 Å². The molecule has 1 heterocycles. The first-order chi connectivity index (χ1) is 6.79. The fraction of sp³-hybridized carbons (Fsp3) is 0.833. The minimum atomic E-state index is 0.209. The van der Waals surface area contributed by atoms with E-state index in [-0.39, 0.29) is 6.10 Å². The second kappa shape index (κ2) is 3.07. The van der Waals surface area contributed by atoms with Crippen LogP contribution in [0, 0.1) is 17.8 Å². The molecule has 0 spiro atoms. The molecule has 1 aliphatic heterocycles. The zero-order valence-corrected chi connectivity index (χ0v) is 8.78. The number of nitrogens with one attached hydrogen (secondary N) is 1. The van der Waals surface area contributed by atoms with Gasteiger partial charge in [-0.15, -0.1) is 6.58 Å². The normalized spacial score (nSPS) is 51.1. The lowest BCUT2D eigenvalue weighted by molar-refractivity contribution is -0.0219. The van der Waals surface area contributed by atoms with E-state index in [1.54, 1.807) is 0 Å². The van der Waals surface area contributed by atoms with Gasteiger partial charge in [0.25, 0.3) is 0 Å². The van der Waals surface area contributed by atoms with Gasteiger partial charge in [-0.2, -0.15) is 0 Å². The van der Waals surface area contributed by atoms with Crippen molar-refractivity contribution >= 4 is 0 Å². The highest BCUT2D eigenvalue weighted by molar-refractivity contribution is 5.10. The van der Waals surface area contributed by atoms with Gasteiger partial charge in [-0.1, -0.05) is 6.08 Å². The van der Waals surface area contributed by atoms with Crippen molar-refractivity contribution in [2.24, 2.45) is 17.8 Å². The highest BCUT2D eigenvalue weighted by atomic mass is 16.5. The Hall–Kier alpha value is -0.340. The summed E-state index contributed by atoms with van der Waals surface area (Å²) in [5.74, 6) is 2.71. The molecule has 1 saturated heterocycles. The average molecular weight is 193 g/mol. The standard InChI is InChI=1S/C12H19NO/c1-3-7(2)14-12-8-4-9-6-13-11(12)10(9)5-8/h3,7-13H,1,4-6H2,2H3. The van der Waals surface area contributed by atoms with Crippen LogP contribution in [0.15, 0.2) is 12.7 Å². The molecule has 0 radical (unpaired) electrons. The second-order valence-corrected chi connectivity index (χ2v) is 5.13. The molecule has 6 unspecified atom stereocenters. The van der Waals surface area contributed by atoms with Crippen LogP contribution in [0.2, 0.25) is 0 Å². The van der Waals surface area contributed by atoms with Crippen molar-refractivity contribution in [2.75, 3.05) is 6.54 Å². The van der Waals surface area contributed by atoms with Crippen molar-refractivity contribution in [3.63, 3.8) is 0 Å². The van der Waals surface area contributed by atoms with Gasteiger partial charge in [-0.3, -0.25) is 0 Å². The molecule has 3 aliphatic rings. The molecule has 1 N–H and O–H groups in total. The third-order valence-electron chi connectivity index (χ3n) is 4.39. The Kier molecular flexibility index (Phi) is 1.96. The Labute approximate surface area is 85.7 Å². The number of rotatable bonds is 3. The summed E-state index contributed by atoms with van der Waals surface area (Å²) in [5, 5.41) is 3.63. The molecule has 2 nitrogen and oxygen atoms in total. The summed E-state index contributed by atoms with van der Waals surface area (Å²) in [5.41, 5.74) is 0. The van der Waals surface area contributed by atoms with E-state index >= 15 is 0 Å². The van der Waals surface area contributed by atoms with E-state index in [9.17, 15) is 0 Å². The molecular weight excluding hydrogens is 174 g/mol. The van der Waals surface area contributed by atoms with Gasteiger partial charge in [0.15, 0.2) is 0 Å². The molecule has 2 saturated carbocycles. The first-order valence-electron chi connectivity index (χ1n) is 5.81. The Morgan fingerprint density at radius 3 is 3.07 bits per heavy atom. The fourth-order valence-corrected chi connectivity index (χ4v) is 3.74. The van der Waals surface area contributed by atoms with E-state index < -0.39 is 0 Å². The zero-order valence-electron chi connectivity index (χ0n) is 8.78. The smallest absolute Gasteiger partial charge is 0.0767 e. The highest BCUT2D eigenvalue weighted by Crippen LogP contribution is 2.52. The summed E-state index contributed by atoms with van der Waals surface area (Å²) in [7, 11) is 0. The molecule has 2 aliphatic carbocycles. The van der Waals surface area contributed by atoms with Crippen LogP contribution >= 0.6 is 0 Å². The Balaban J connectivity index is 1.73. The monoisotopic (exact) mass is 193 g/mol. The van der Waals surface area contributed by atoms with E-state index in [2.05, 4.69) is 18.8 Å². The van der Waals surface area contributed by atoms with Gasteiger partial charge in [0.05, 0.1) is 12.2 Å². The topological polar surface area (TPSA) is 21.3 Å². The van der Waals surface area contributed by atoms with E-state index in [4.69, 9.17) is 4.74 Å². The lowest BCUT2D eigenvalue weighted by atomic mass is 9.88. The van der Waals surface area contributed by atoms with Crippen LogP contribution in [0.1, 0.15) is 19.8 Å². The summed E-state index contributed by atoms with van der Waals surface area (Å²) < 4.78 is 6.04. The maximum Gasteiger partial charge on any atom is 0.0767 e. The predicted molar refractivity (Wildman–Crippen MR) is 56.0 cm³/mol. The molecule has 0 aromatic heterocycles. The SMILES string of the molecule is C=CC(C)OC1C2CC3CNC1C3C2. The first kappa shape index (κ1) is 8.93. The molecule has 14 heavy (non-hydrogen) atoms. The minimum Gasteiger partial charge on any atom is -0.369 e. The van der Waals surface area contributed by atoms with E-state index in [0.29, 0.717) is 12.1 Å². The van der Waals surface area contributed by atoms with Gasteiger partial charge in [-0.25, -0.2) is 0 Å². The minimum absolute atomic E-state index is 0.209. The lowest BCUT2D eigenvalue weighted by Gasteiger charge is -2.29. The average Bonchev–Trinajstić information content (AvgIpc) is 2.76. The molecule has 78 valence electrons. The van der Waals surface area contributed by atoms with Crippen molar-refractivity contribution in [3.05, 3.63) is 12.7 Å². The maximum atomic E-state index is 6.04. The van der Waals surface area contributed by atoms with Crippen LogP contribution in [-0.2, 0) is 4.74 Å². The van der Waals surface area contributed by atoms with Crippen molar-refractivity contribution < 1.29 is 4.74 Å². The van der Waals surface area contributed by atoms with Crippen molar-refractivity contribution in [3.8, 4) is 0 Å². The van der Waals surface area contributed by atoms with Gasteiger partial charge in [-0.05, 0) is 44.1 Å². The predicted octanol–water partition coefficient (Wildman–Crippen LogP) is 1.57. The summed E-state index contributed by atoms with van der Waals surface area (Å²) >= 11 is 0. The van der Waals surface area contributed by atoms with Crippen LogP contribution in [0.4, 0.5) is 0 Å². The van der Waals surface area contributed by atoms with E-state index in [0.717, 1.165) is 17.8 Å². The van der Waals surface area contributed by atoms with E-state index in [1.165, 1.54) is 19.4 Å². The first-order valence-corrected chi connectivity index (χ1v) is 5.81. The number of fused-ring (bicyclic) bond motifs is 1. The highest BCUT2D eigenvalue weighted by Gasteiger charge is 2.56. The third-order valence-corrected chi connectivity index (χ3v) is 4.39. The Morgan fingerprint density at radius 1 is 1.43 bits per heavy atom. The van der Waals surface area contributed by atoms with Crippen LogP contribution < -0.4 is 5.32 Å². The molecule has 2 heteroatoms. The third kappa shape index (κ3) is 1.10. The van der Waals surface area contributed by atoms with Gasteiger partial charge < -0.3 is 10.1 Å². The molecule has 0 aromatic rings. The molecule has 3 fully saturated rings.